The lowest BCUT2D eigenvalue weighted by molar-refractivity contribution is 0.0947. The molecule has 0 radical (unpaired) electrons. The first-order chi connectivity index (χ1) is 14.7. The fourth-order valence-electron chi connectivity index (χ4n) is 3.48. The standard InChI is InChI=1S/C22H20N6O2/c29-21(19-10-7-15-4-1-2-6-18(15)25-19)24-12-13-27-22(30)28(17-8-9-17)20(26-27)16-5-3-11-23-14-16/h1-7,10-11,14,17H,8-9,12-13H2,(H,24,29). The molecule has 5 rings (SSSR count). The molecule has 150 valence electrons. The van der Waals surface area contributed by atoms with Crippen molar-refractivity contribution in [1.29, 1.82) is 0 Å². The van der Waals surface area contributed by atoms with Gasteiger partial charge in [-0.3, -0.25) is 14.3 Å². The summed E-state index contributed by atoms with van der Waals surface area (Å²) in [6.45, 7) is 0.562. The minimum absolute atomic E-state index is 0.158. The molecular formula is C22H20N6O2. The number of rotatable bonds is 6. The highest BCUT2D eigenvalue weighted by atomic mass is 16.2. The molecule has 1 saturated carbocycles. The van der Waals surface area contributed by atoms with E-state index in [-0.39, 0.29) is 30.7 Å². The van der Waals surface area contributed by atoms with Gasteiger partial charge in [0.1, 0.15) is 5.69 Å². The van der Waals surface area contributed by atoms with Crippen molar-refractivity contribution in [2.75, 3.05) is 6.54 Å². The summed E-state index contributed by atoms with van der Waals surface area (Å²) in [4.78, 5) is 33.9. The second-order valence-electron chi connectivity index (χ2n) is 7.32. The molecular weight excluding hydrogens is 380 g/mol. The van der Waals surface area contributed by atoms with Gasteiger partial charge in [0.15, 0.2) is 5.82 Å². The van der Waals surface area contributed by atoms with Gasteiger partial charge < -0.3 is 5.32 Å². The summed E-state index contributed by atoms with van der Waals surface area (Å²) >= 11 is 0. The number of para-hydroxylation sites is 1. The summed E-state index contributed by atoms with van der Waals surface area (Å²) in [5.74, 6) is 0.348. The number of hydrogen-bond acceptors (Lipinski definition) is 5. The van der Waals surface area contributed by atoms with Gasteiger partial charge in [-0.05, 0) is 37.1 Å². The molecule has 1 fully saturated rings. The van der Waals surface area contributed by atoms with E-state index in [2.05, 4.69) is 20.4 Å². The molecule has 0 unspecified atom stereocenters. The number of pyridine rings is 2. The third-order valence-corrected chi connectivity index (χ3v) is 5.14. The van der Waals surface area contributed by atoms with Gasteiger partial charge >= 0.3 is 5.69 Å². The van der Waals surface area contributed by atoms with Gasteiger partial charge in [-0.1, -0.05) is 24.3 Å². The Morgan fingerprint density at radius 3 is 2.77 bits per heavy atom. The number of carbonyl (C=O) groups excluding carboxylic acids is 1. The van der Waals surface area contributed by atoms with Crippen LogP contribution in [0.25, 0.3) is 22.3 Å². The van der Waals surface area contributed by atoms with Gasteiger partial charge in [-0.2, -0.15) is 0 Å². The van der Waals surface area contributed by atoms with E-state index in [1.54, 1.807) is 23.0 Å². The highest BCUT2D eigenvalue weighted by Gasteiger charge is 2.30. The van der Waals surface area contributed by atoms with Gasteiger partial charge in [0, 0.05) is 35.9 Å². The topological polar surface area (TPSA) is 94.7 Å². The van der Waals surface area contributed by atoms with Crippen LogP contribution in [0.15, 0.2) is 65.7 Å². The Balaban J connectivity index is 1.31. The Hall–Kier alpha value is -3.81. The van der Waals surface area contributed by atoms with E-state index in [1.165, 1.54) is 4.68 Å². The monoisotopic (exact) mass is 400 g/mol. The van der Waals surface area contributed by atoms with Gasteiger partial charge in [0.25, 0.3) is 5.91 Å². The van der Waals surface area contributed by atoms with Crippen molar-refractivity contribution < 1.29 is 4.79 Å². The number of hydrogen-bond donors (Lipinski definition) is 1. The lowest BCUT2D eigenvalue weighted by Crippen LogP contribution is -2.32. The average Bonchev–Trinajstić information content (AvgIpc) is 3.57. The maximum atomic E-state index is 12.9. The Labute approximate surface area is 172 Å². The minimum Gasteiger partial charge on any atom is -0.349 e. The van der Waals surface area contributed by atoms with Gasteiger partial charge in [-0.15, -0.1) is 5.10 Å². The Morgan fingerprint density at radius 1 is 1.10 bits per heavy atom. The molecule has 0 aliphatic heterocycles. The van der Waals surface area contributed by atoms with Crippen LogP contribution in [0.4, 0.5) is 0 Å². The summed E-state index contributed by atoms with van der Waals surface area (Å²) < 4.78 is 3.15. The highest BCUT2D eigenvalue weighted by Crippen LogP contribution is 2.36. The summed E-state index contributed by atoms with van der Waals surface area (Å²) in [5, 5.41) is 8.32. The van der Waals surface area contributed by atoms with Gasteiger partial charge in [0.05, 0.1) is 12.1 Å². The molecule has 3 aromatic heterocycles. The zero-order valence-corrected chi connectivity index (χ0v) is 16.2. The Bertz CT molecular complexity index is 1270. The molecule has 1 N–H and O–H groups in total. The first-order valence-corrected chi connectivity index (χ1v) is 9.94. The maximum Gasteiger partial charge on any atom is 0.346 e. The predicted molar refractivity (Wildman–Crippen MR) is 112 cm³/mol. The lowest BCUT2D eigenvalue weighted by atomic mass is 10.2. The van der Waals surface area contributed by atoms with Crippen molar-refractivity contribution in [3.8, 4) is 11.4 Å². The molecule has 3 heterocycles. The summed E-state index contributed by atoms with van der Waals surface area (Å²) in [6, 6.07) is 15.1. The zero-order chi connectivity index (χ0) is 20.5. The largest absolute Gasteiger partial charge is 0.349 e. The predicted octanol–water partition coefficient (Wildman–Crippen LogP) is 2.42. The molecule has 30 heavy (non-hydrogen) atoms. The first-order valence-electron chi connectivity index (χ1n) is 9.94. The van der Waals surface area contributed by atoms with Gasteiger partial charge in [0.2, 0.25) is 0 Å². The van der Waals surface area contributed by atoms with Crippen LogP contribution in [-0.4, -0.2) is 36.8 Å². The van der Waals surface area contributed by atoms with Crippen molar-refractivity contribution >= 4 is 16.8 Å². The second-order valence-corrected chi connectivity index (χ2v) is 7.32. The van der Waals surface area contributed by atoms with Crippen LogP contribution >= 0.6 is 0 Å². The SMILES string of the molecule is O=C(NCCn1nc(-c2cccnc2)n(C2CC2)c1=O)c1ccc2ccccc2n1. The van der Waals surface area contributed by atoms with Crippen LogP contribution in [0.5, 0.6) is 0 Å². The van der Waals surface area contributed by atoms with Crippen molar-refractivity contribution in [3.63, 3.8) is 0 Å². The summed E-state index contributed by atoms with van der Waals surface area (Å²) in [6.07, 6.45) is 5.35. The van der Waals surface area contributed by atoms with Crippen molar-refractivity contribution in [2.24, 2.45) is 0 Å². The minimum atomic E-state index is -0.275. The van der Waals surface area contributed by atoms with E-state index in [9.17, 15) is 9.59 Å². The molecule has 1 aliphatic rings. The average molecular weight is 400 g/mol. The normalized spacial score (nSPS) is 13.5. The number of nitrogens with one attached hydrogen (secondary N) is 1. The molecule has 1 aliphatic carbocycles. The number of fused-ring (bicyclic) bond motifs is 1. The van der Waals surface area contributed by atoms with Crippen LogP contribution in [0.1, 0.15) is 29.4 Å². The first kappa shape index (κ1) is 18.2. The fraction of sp³-hybridized carbons (Fsp3) is 0.227. The number of aromatic nitrogens is 5. The molecule has 0 bridgehead atoms. The molecule has 0 saturated heterocycles. The Morgan fingerprint density at radius 2 is 1.97 bits per heavy atom. The summed E-state index contributed by atoms with van der Waals surface area (Å²) in [7, 11) is 0. The quantitative estimate of drug-likeness (QED) is 0.536. The van der Waals surface area contributed by atoms with Crippen molar-refractivity contribution in [1.82, 2.24) is 29.6 Å². The van der Waals surface area contributed by atoms with E-state index >= 15 is 0 Å². The number of nitrogens with zero attached hydrogens (tertiary/aromatic N) is 5. The number of benzene rings is 1. The van der Waals surface area contributed by atoms with E-state index in [0.717, 1.165) is 29.3 Å². The molecule has 8 heteroatoms. The van der Waals surface area contributed by atoms with Crippen LogP contribution < -0.4 is 11.0 Å². The van der Waals surface area contributed by atoms with E-state index in [4.69, 9.17) is 0 Å². The second kappa shape index (κ2) is 7.55. The molecule has 4 aromatic rings. The molecule has 1 amide bonds. The van der Waals surface area contributed by atoms with Crippen LogP contribution in [0, 0.1) is 0 Å². The maximum absolute atomic E-state index is 12.9. The molecule has 8 nitrogen and oxygen atoms in total. The van der Waals surface area contributed by atoms with E-state index in [0.29, 0.717) is 11.5 Å². The Kier molecular flexibility index (Phi) is 4.59. The van der Waals surface area contributed by atoms with Crippen LogP contribution in [0.3, 0.4) is 0 Å². The number of amides is 1. The number of carbonyl (C=O) groups is 1. The third kappa shape index (κ3) is 3.47. The smallest absolute Gasteiger partial charge is 0.346 e. The highest BCUT2D eigenvalue weighted by molar-refractivity contribution is 5.94. The van der Waals surface area contributed by atoms with E-state index in [1.807, 2.05) is 42.5 Å². The van der Waals surface area contributed by atoms with Gasteiger partial charge in [-0.25, -0.2) is 14.5 Å². The van der Waals surface area contributed by atoms with E-state index < -0.39 is 0 Å². The zero-order valence-electron chi connectivity index (χ0n) is 16.2. The molecule has 1 aromatic carbocycles. The van der Waals surface area contributed by atoms with Crippen molar-refractivity contribution in [2.45, 2.75) is 25.4 Å². The molecule has 0 spiro atoms. The molecule has 0 atom stereocenters. The summed E-state index contributed by atoms with van der Waals surface area (Å²) in [5.41, 5.74) is 1.77. The third-order valence-electron chi connectivity index (χ3n) is 5.14. The lowest BCUT2D eigenvalue weighted by Gasteiger charge is -2.05. The van der Waals surface area contributed by atoms with Crippen LogP contribution in [0.2, 0.25) is 0 Å². The van der Waals surface area contributed by atoms with Crippen molar-refractivity contribution in [3.05, 3.63) is 77.1 Å². The van der Waals surface area contributed by atoms with Crippen LogP contribution in [-0.2, 0) is 6.54 Å². The fourth-order valence-corrected chi connectivity index (χ4v) is 3.48.